The summed E-state index contributed by atoms with van der Waals surface area (Å²) in [6, 6.07) is 11.8. The van der Waals surface area contributed by atoms with Gasteiger partial charge >= 0.3 is 15.2 Å². The number of hydrogen-bond donors (Lipinski definition) is 1. The summed E-state index contributed by atoms with van der Waals surface area (Å²) in [5.74, 6) is -0.205. The van der Waals surface area contributed by atoms with E-state index >= 15 is 9.13 Å². The van der Waals surface area contributed by atoms with E-state index < -0.39 is 49.2 Å². The Kier molecular flexibility index (Phi) is 16.7. The number of hydrogen-bond acceptors (Lipinski definition) is 13. The molecule has 0 aromatic heterocycles. The Bertz CT molecular complexity index is 1820. The summed E-state index contributed by atoms with van der Waals surface area (Å²) in [6.45, 7) is 32.6. The Morgan fingerprint density at radius 2 is 1.05 bits per heavy atom. The zero-order chi connectivity index (χ0) is 45.9. The first kappa shape index (κ1) is 51.8. The number of nitrogens with zero attached hydrogens (tertiary/aromatic N) is 2. The SMILES string of the molecule is CC(C)(C)OP(=O)(CN(Cc1cccc2c1OC(C)(C)OC2)C[C@H](CCCCN)N(Cc1cccc2c1OC(C)(C)OC2)CP(=O)(OC(C)(C)C)OC(C)(C)C)OC(C)(C)C. The molecule has 348 valence electrons. The number of fused-ring (bicyclic) bond motifs is 2. The average molecular weight is 896 g/mol. The van der Waals surface area contributed by atoms with E-state index in [1.807, 2.05) is 147 Å². The van der Waals surface area contributed by atoms with Crippen LogP contribution in [-0.2, 0) is 63.0 Å². The van der Waals surface area contributed by atoms with Crippen molar-refractivity contribution in [3.05, 3.63) is 58.7 Å². The summed E-state index contributed by atoms with van der Waals surface area (Å²) in [7, 11) is -7.70. The van der Waals surface area contributed by atoms with Crippen molar-refractivity contribution in [1.82, 2.24) is 9.80 Å². The maximum atomic E-state index is 15.3. The number of para-hydroxylation sites is 2. The Labute approximate surface area is 368 Å². The number of rotatable bonds is 19. The molecule has 15 heteroatoms. The molecule has 0 bridgehead atoms. The molecular weight excluding hydrogens is 816 g/mol. The van der Waals surface area contributed by atoms with Crippen LogP contribution < -0.4 is 15.2 Å². The summed E-state index contributed by atoms with van der Waals surface area (Å²) in [5, 5.41) is 0. The molecule has 0 amide bonds. The van der Waals surface area contributed by atoms with Gasteiger partial charge in [-0.05, 0) is 102 Å². The lowest BCUT2D eigenvalue weighted by Crippen LogP contribution is -2.46. The molecule has 2 aromatic carbocycles. The molecule has 0 saturated carbocycles. The van der Waals surface area contributed by atoms with Crippen LogP contribution in [0.25, 0.3) is 0 Å². The lowest BCUT2D eigenvalue weighted by Gasteiger charge is -2.41. The van der Waals surface area contributed by atoms with Crippen molar-refractivity contribution in [3.63, 3.8) is 0 Å². The van der Waals surface area contributed by atoms with Crippen LogP contribution in [0.3, 0.4) is 0 Å². The van der Waals surface area contributed by atoms with Crippen LogP contribution in [0.5, 0.6) is 11.5 Å². The molecule has 0 aliphatic carbocycles. The van der Waals surface area contributed by atoms with E-state index in [1.54, 1.807) is 0 Å². The van der Waals surface area contributed by atoms with Crippen molar-refractivity contribution >= 4 is 15.2 Å². The van der Waals surface area contributed by atoms with Crippen molar-refractivity contribution in [2.45, 2.75) is 196 Å². The first-order chi connectivity index (χ1) is 27.8. The van der Waals surface area contributed by atoms with E-state index in [-0.39, 0.29) is 18.6 Å². The summed E-state index contributed by atoms with van der Waals surface area (Å²) in [5.41, 5.74) is 6.67. The van der Waals surface area contributed by atoms with Gasteiger partial charge in [-0.25, -0.2) is 0 Å². The second kappa shape index (κ2) is 19.7. The van der Waals surface area contributed by atoms with E-state index in [0.29, 0.717) is 45.8 Å². The van der Waals surface area contributed by atoms with Gasteiger partial charge in [-0.1, -0.05) is 42.8 Å². The number of ether oxygens (including phenoxy) is 4. The van der Waals surface area contributed by atoms with Crippen molar-refractivity contribution in [3.8, 4) is 11.5 Å². The van der Waals surface area contributed by atoms with Crippen LogP contribution in [0.2, 0.25) is 0 Å². The molecule has 0 saturated heterocycles. The maximum Gasteiger partial charge on any atom is 0.345 e. The monoisotopic (exact) mass is 896 g/mol. The highest BCUT2D eigenvalue weighted by Crippen LogP contribution is 2.57. The van der Waals surface area contributed by atoms with Crippen LogP contribution in [0.1, 0.15) is 152 Å². The van der Waals surface area contributed by atoms with Crippen LogP contribution in [-0.4, -0.2) is 75.5 Å². The molecule has 2 N–H and O–H groups in total. The van der Waals surface area contributed by atoms with Crippen LogP contribution in [0.4, 0.5) is 0 Å². The van der Waals surface area contributed by atoms with E-state index in [2.05, 4.69) is 9.80 Å². The summed E-state index contributed by atoms with van der Waals surface area (Å²) >= 11 is 0. The van der Waals surface area contributed by atoms with Crippen molar-refractivity contribution in [2.24, 2.45) is 5.73 Å². The number of nitrogens with two attached hydrogens (primary N) is 1. The molecular formula is C46H79N3O10P2. The quantitative estimate of drug-likeness (QED) is 0.106. The van der Waals surface area contributed by atoms with E-state index in [0.717, 1.165) is 46.6 Å². The minimum Gasteiger partial charge on any atom is -0.462 e. The molecule has 0 fully saturated rings. The van der Waals surface area contributed by atoms with E-state index in [9.17, 15) is 0 Å². The highest BCUT2D eigenvalue weighted by Gasteiger charge is 2.42. The Hall–Kier alpha value is -1.86. The normalized spacial score (nSPS) is 17.8. The Balaban J connectivity index is 1.93. The van der Waals surface area contributed by atoms with Gasteiger partial charge in [0.1, 0.15) is 24.1 Å². The molecule has 2 aliphatic rings. The molecule has 13 nitrogen and oxygen atoms in total. The van der Waals surface area contributed by atoms with Gasteiger partial charge in [0.15, 0.2) is 0 Å². The van der Waals surface area contributed by atoms with E-state index in [1.165, 1.54) is 0 Å². The third kappa shape index (κ3) is 17.2. The van der Waals surface area contributed by atoms with E-state index in [4.69, 9.17) is 42.8 Å². The highest BCUT2D eigenvalue weighted by atomic mass is 31.2. The predicted molar refractivity (Wildman–Crippen MR) is 243 cm³/mol. The smallest absolute Gasteiger partial charge is 0.345 e. The molecule has 2 heterocycles. The molecule has 4 rings (SSSR count). The molecule has 1 atom stereocenters. The van der Waals surface area contributed by atoms with Crippen LogP contribution in [0, 0.1) is 0 Å². The second-order valence-electron chi connectivity index (χ2n) is 21.4. The highest BCUT2D eigenvalue weighted by molar-refractivity contribution is 7.54. The van der Waals surface area contributed by atoms with Gasteiger partial charge in [0.2, 0.25) is 11.6 Å². The van der Waals surface area contributed by atoms with Crippen LogP contribution in [0.15, 0.2) is 36.4 Å². The predicted octanol–water partition coefficient (Wildman–Crippen LogP) is 11.3. The molecule has 0 radical (unpaired) electrons. The lowest BCUT2D eigenvalue weighted by atomic mass is 10.0. The largest absolute Gasteiger partial charge is 0.462 e. The fraction of sp³-hybridized carbons (Fsp3) is 0.739. The Morgan fingerprint density at radius 3 is 1.46 bits per heavy atom. The zero-order valence-corrected chi connectivity index (χ0v) is 42.1. The maximum absolute atomic E-state index is 15.3. The molecule has 61 heavy (non-hydrogen) atoms. The topological polar surface area (TPSA) is 140 Å². The first-order valence-corrected chi connectivity index (χ1v) is 25.3. The van der Waals surface area contributed by atoms with Crippen LogP contribution >= 0.6 is 15.2 Å². The third-order valence-corrected chi connectivity index (χ3v) is 14.1. The Morgan fingerprint density at radius 1 is 0.639 bits per heavy atom. The van der Waals surface area contributed by atoms with Gasteiger partial charge in [0, 0.05) is 75.6 Å². The van der Waals surface area contributed by atoms with Gasteiger partial charge in [0.25, 0.3) is 0 Å². The molecule has 2 aromatic rings. The zero-order valence-electron chi connectivity index (χ0n) is 40.3. The molecule has 0 spiro atoms. The van der Waals surface area contributed by atoms with Gasteiger partial charge in [0.05, 0.1) is 35.6 Å². The molecule has 0 unspecified atom stereocenters. The second-order valence-corrected chi connectivity index (χ2v) is 25.1. The van der Waals surface area contributed by atoms with Crippen molar-refractivity contribution < 1.29 is 46.2 Å². The van der Waals surface area contributed by atoms with Crippen molar-refractivity contribution in [1.29, 1.82) is 0 Å². The minimum atomic E-state index is -3.86. The van der Waals surface area contributed by atoms with Gasteiger partial charge in [-0.3, -0.25) is 18.9 Å². The standard InChI is InChI=1S/C46H79N3O10P2/c1-41(2,3)56-60(50,57-42(4,5)6)32-48(27-34-21-19-23-36-30-52-45(13,14)54-39(34)36)29-38(25-17-18-26-47)49(33-61(51,58-43(7,8)9)59-44(10,11)12)28-35-22-20-24-37-31-53-46(15,16)55-40(35)37/h19-24,38H,17-18,25-33,47H2,1-16H3/t38-/m0/s1. The number of unbranched alkanes of at least 4 members (excludes halogenated alkanes) is 1. The average Bonchev–Trinajstić information content (AvgIpc) is 3.03. The first-order valence-electron chi connectivity index (χ1n) is 21.8. The van der Waals surface area contributed by atoms with Gasteiger partial charge in [-0.2, -0.15) is 0 Å². The summed E-state index contributed by atoms with van der Waals surface area (Å²) in [4.78, 5) is 4.32. The summed E-state index contributed by atoms with van der Waals surface area (Å²) < 4.78 is 81.3. The fourth-order valence-electron chi connectivity index (χ4n) is 7.50. The van der Waals surface area contributed by atoms with Gasteiger partial charge in [-0.15, -0.1) is 0 Å². The summed E-state index contributed by atoms with van der Waals surface area (Å²) in [6.07, 6.45) is 2.16. The lowest BCUT2D eigenvalue weighted by molar-refractivity contribution is -0.181. The fourth-order valence-corrected chi connectivity index (χ4v) is 12.6. The van der Waals surface area contributed by atoms with Gasteiger partial charge < -0.3 is 42.8 Å². The molecule has 2 aliphatic heterocycles. The third-order valence-electron chi connectivity index (χ3n) is 9.33. The van der Waals surface area contributed by atoms with Crippen molar-refractivity contribution in [2.75, 3.05) is 25.7 Å². The number of benzene rings is 2. The minimum absolute atomic E-state index is 0.0314.